The molecule has 0 rings (SSSR count). The second kappa shape index (κ2) is 9.80. The summed E-state index contributed by atoms with van der Waals surface area (Å²) in [7, 11) is -5.14. The summed E-state index contributed by atoms with van der Waals surface area (Å²) < 4.78 is 8.66. The zero-order chi connectivity index (χ0) is 4.50. The van der Waals surface area contributed by atoms with Gasteiger partial charge in [0.1, 0.15) is 0 Å². The molecule has 0 fully saturated rings. The summed E-state index contributed by atoms with van der Waals surface area (Å²) >= 11 is 0. The summed E-state index contributed by atoms with van der Waals surface area (Å²) in [6.45, 7) is 0. The van der Waals surface area contributed by atoms with Gasteiger partial charge >= 0.3 is 74.4 Å². The van der Waals surface area contributed by atoms with E-state index in [2.05, 4.69) is 0 Å². The quantitative estimate of drug-likeness (QED) is 0.307. The maximum atomic E-state index is 8.66. The van der Waals surface area contributed by atoms with E-state index in [9.17, 15) is 0 Å². The van der Waals surface area contributed by atoms with Crippen molar-refractivity contribution in [3.8, 4) is 0 Å². The third kappa shape index (κ3) is 68.2. The minimum atomic E-state index is -5.14. The SMILES string of the molecule is O=P([O-])([O-])O.[Cl-].[K+].[Mg+2]. The largest absolute Gasteiger partial charge is 2.00 e. The Hall–Kier alpha value is 2.80. The van der Waals surface area contributed by atoms with Crippen molar-refractivity contribution in [2.45, 2.75) is 0 Å². The fraction of sp³-hybridized carbons (Fsp3) is 0. The smallest absolute Gasteiger partial charge is 1.00 e. The minimum Gasteiger partial charge on any atom is -1.00 e. The minimum absolute atomic E-state index is 0. The van der Waals surface area contributed by atoms with Crippen molar-refractivity contribution in [3.63, 3.8) is 0 Å². The van der Waals surface area contributed by atoms with Gasteiger partial charge in [0.15, 0.2) is 0 Å². The maximum absolute atomic E-state index is 8.66. The van der Waals surface area contributed by atoms with Crippen molar-refractivity contribution in [3.05, 3.63) is 0 Å². The zero-order valence-electron chi connectivity index (χ0n) is 4.20. The first kappa shape index (κ1) is 22.4. The van der Waals surface area contributed by atoms with Crippen molar-refractivity contribution in [1.29, 1.82) is 0 Å². The predicted octanol–water partition coefficient (Wildman–Crippen LogP) is -8.57. The molecule has 4 nitrogen and oxygen atoms in total. The van der Waals surface area contributed by atoms with E-state index in [0.717, 1.165) is 0 Å². The molecule has 0 aromatic rings. The van der Waals surface area contributed by atoms with E-state index in [1.807, 2.05) is 0 Å². The second-order valence-corrected chi connectivity index (χ2v) is 1.41. The molecule has 0 atom stereocenters. The average Bonchev–Trinajstić information content (AvgIpc) is 0.722. The Labute approximate surface area is 112 Å². The summed E-state index contributed by atoms with van der Waals surface area (Å²) in [5.74, 6) is 0. The summed E-state index contributed by atoms with van der Waals surface area (Å²) in [6, 6.07) is 0. The van der Waals surface area contributed by atoms with Gasteiger partial charge in [-0.2, -0.15) is 0 Å². The van der Waals surface area contributed by atoms with Crippen molar-refractivity contribution >= 4 is 30.9 Å². The molecule has 0 aliphatic heterocycles. The molecule has 0 saturated carbocycles. The van der Waals surface area contributed by atoms with E-state index in [1.165, 1.54) is 0 Å². The van der Waals surface area contributed by atoms with E-state index in [1.54, 1.807) is 0 Å². The third-order valence-corrected chi connectivity index (χ3v) is 0. The van der Waals surface area contributed by atoms with E-state index in [-0.39, 0.29) is 86.8 Å². The van der Waals surface area contributed by atoms with Crippen LogP contribution in [0.4, 0.5) is 0 Å². The molecule has 0 aliphatic carbocycles. The molecule has 0 unspecified atom stereocenters. The van der Waals surface area contributed by atoms with Gasteiger partial charge in [-0.15, -0.1) is 0 Å². The molecule has 0 amide bonds. The molecule has 0 spiro atoms. The Balaban J connectivity index is -0.0000000267. The van der Waals surface area contributed by atoms with Crippen LogP contribution in [0, 0.1) is 0 Å². The Morgan fingerprint density at radius 3 is 1.38 bits per heavy atom. The third-order valence-electron chi connectivity index (χ3n) is 0. The summed E-state index contributed by atoms with van der Waals surface area (Å²) in [6.07, 6.45) is 0. The van der Waals surface area contributed by atoms with Crippen molar-refractivity contribution in [2.75, 3.05) is 0 Å². The van der Waals surface area contributed by atoms with Crippen molar-refractivity contribution in [1.82, 2.24) is 0 Å². The van der Waals surface area contributed by atoms with Crippen LogP contribution in [0.2, 0.25) is 0 Å². The van der Waals surface area contributed by atoms with E-state index < -0.39 is 7.82 Å². The van der Waals surface area contributed by atoms with Crippen molar-refractivity contribution in [2.24, 2.45) is 0 Å². The number of phosphoric acid groups is 1. The van der Waals surface area contributed by atoms with Gasteiger partial charge < -0.3 is 31.7 Å². The van der Waals surface area contributed by atoms with E-state index >= 15 is 0 Å². The number of hydrogen-bond donors (Lipinski definition) is 1. The molecule has 1 N–H and O–H groups in total. The maximum Gasteiger partial charge on any atom is 2.00 e. The summed E-state index contributed by atoms with van der Waals surface area (Å²) in [4.78, 5) is 24.3. The number of rotatable bonds is 0. The Bertz CT molecular complexity index is 62.2. The molecule has 8 heteroatoms. The fourth-order valence-electron chi connectivity index (χ4n) is 0. The number of hydrogen-bond acceptors (Lipinski definition) is 3. The van der Waals surface area contributed by atoms with Crippen LogP contribution in [-0.4, -0.2) is 27.9 Å². The monoisotopic (exact) mass is 194 g/mol. The van der Waals surface area contributed by atoms with Gasteiger partial charge in [-0.25, -0.2) is 0 Å². The van der Waals surface area contributed by atoms with Crippen LogP contribution in [0.5, 0.6) is 0 Å². The topological polar surface area (TPSA) is 83.4 Å². The molecule has 0 heterocycles. The zero-order valence-corrected chi connectivity index (χ0v) is 10.4. The van der Waals surface area contributed by atoms with Crippen LogP contribution in [-0.2, 0) is 4.57 Å². The Morgan fingerprint density at radius 2 is 1.38 bits per heavy atom. The summed E-state index contributed by atoms with van der Waals surface area (Å²) in [5, 5.41) is 0. The molecule has 0 bridgehead atoms. The van der Waals surface area contributed by atoms with Crippen LogP contribution >= 0.6 is 7.82 Å². The first-order chi connectivity index (χ1) is 2.00. The van der Waals surface area contributed by atoms with Gasteiger partial charge in [0.25, 0.3) is 0 Å². The fourth-order valence-corrected chi connectivity index (χ4v) is 0. The normalized spacial score (nSPS) is 7.38. The molecule has 0 radical (unpaired) electrons. The molecular formula is HClKMgO4P. The van der Waals surface area contributed by atoms with Crippen molar-refractivity contribution < 1.29 is 83.0 Å². The second-order valence-electron chi connectivity index (χ2n) is 0.469. The standard InChI is InChI=1S/ClH.K.Mg.H3O4P/c;;;1-5(2,3)4/h1H;;;(H3,1,2,3,4)/q;+1;+2;/p-3. The molecule has 8 heavy (non-hydrogen) atoms. The van der Waals surface area contributed by atoms with Gasteiger partial charge in [0, 0.05) is 0 Å². The van der Waals surface area contributed by atoms with Gasteiger partial charge in [0.05, 0.1) is 7.82 Å². The molecule has 0 aromatic heterocycles. The summed E-state index contributed by atoms with van der Waals surface area (Å²) in [5.41, 5.74) is 0. The Morgan fingerprint density at radius 1 is 1.38 bits per heavy atom. The van der Waals surface area contributed by atoms with Crippen LogP contribution in [0.3, 0.4) is 0 Å². The molecular weight excluding hydrogens is 194 g/mol. The average molecular weight is 195 g/mol. The Kier molecular flexibility index (Phi) is 27.5. The first-order valence-corrected chi connectivity index (χ1v) is 2.24. The van der Waals surface area contributed by atoms with Gasteiger partial charge in [-0.3, -0.25) is 0 Å². The van der Waals surface area contributed by atoms with Gasteiger partial charge in [-0.05, 0) is 0 Å². The van der Waals surface area contributed by atoms with Crippen LogP contribution in [0.25, 0.3) is 0 Å². The molecule has 0 aromatic carbocycles. The van der Waals surface area contributed by atoms with Crippen LogP contribution in [0.15, 0.2) is 0 Å². The van der Waals surface area contributed by atoms with Gasteiger partial charge in [-0.1, -0.05) is 0 Å². The van der Waals surface area contributed by atoms with E-state index in [0.29, 0.717) is 0 Å². The van der Waals surface area contributed by atoms with Gasteiger partial charge in [0.2, 0.25) is 0 Å². The van der Waals surface area contributed by atoms with E-state index in [4.69, 9.17) is 19.2 Å². The molecule has 40 valence electrons. The molecule has 0 saturated heterocycles. The van der Waals surface area contributed by atoms with Crippen LogP contribution in [0.1, 0.15) is 0 Å². The van der Waals surface area contributed by atoms with Crippen LogP contribution < -0.4 is 73.6 Å². The molecule has 0 aliphatic rings. The predicted molar refractivity (Wildman–Crippen MR) is 15.6 cm³/mol. The first-order valence-electron chi connectivity index (χ1n) is 0.748. The number of halogens is 1.